The summed E-state index contributed by atoms with van der Waals surface area (Å²) in [5.41, 5.74) is 0. The van der Waals surface area contributed by atoms with E-state index in [2.05, 4.69) is 5.32 Å². The Morgan fingerprint density at radius 2 is 1.95 bits per heavy atom. The van der Waals surface area contributed by atoms with Crippen molar-refractivity contribution in [3.8, 4) is 0 Å². The number of carboxylic acids is 1. The highest BCUT2D eigenvalue weighted by atomic mass is 16.5. The van der Waals surface area contributed by atoms with Crippen molar-refractivity contribution >= 4 is 17.9 Å². The van der Waals surface area contributed by atoms with Gasteiger partial charge in [-0.1, -0.05) is 0 Å². The molecule has 19 heavy (non-hydrogen) atoms. The van der Waals surface area contributed by atoms with E-state index in [9.17, 15) is 14.4 Å². The topological polar surface area (TPSA) is 99.2 Å². The quantitative estimate of drug-likeness (QED) is 0.666. The monoisotopic (exact) mass is 273 g/mol. The van der Waals surface area contributed by atoms with Crippen LogP contribution in [-0.4, -0.2) is 78.8 Å². The van der Waals surface area contributed by atoms with Crippen LogP contribution in [0.3, 0.4) is 0 Å². The summed E-state index contributed by atoms with van der Waals surface area (Å²) in [6.45, 7) is 3.46. The number of hydrogen-bond acceptors (Lipinski definition) is 4. The first kappa shape index (κ1) is 15.2. The van der Waals surface area contributed by atoms with Crippen molar-refractivity contribution in [1.82, 2.24) is 15.1 Å². The van der Waals surface area contributed by atoms with E-state index in [1.54, 1.807) is 11.8 Å². The molecular formula is C11H19N3O5. The van der Waals surface area contributed by atoms with Crippen molar-refractivity contribution < 1.29 is 24.2 Å². The zero-order valence-electron chi connectivity index (χ0n) is 10.9. The predicted octanol–water partition coefficient (Wildman–Crippen LogP) is -1.04. The third-order valence-electron chi connectivity index (χ3n) is 2.75. The minimum absolute atomic E-state index is 0.130. The van der Waals surface area contributed by atoms with Crippen LogP contribution < -0.4 is 5.32 Å². The maximum atomic E-state index is 11.8. The van der Waals surface area contributed by atoms with Crippen LogP contribution in [0.5, 0.6) is 0 Å². The zero-order valence-corrected chi connectivity index (χ0v) is 10.9. The van der Waals surface area contributed by atoms with Gasteiger partial charge >= 0.3 is 12.0 Å². The summed E-state index contributed by atoms with van der Waals surface area (Å²) < 4.78 is 5.12. The van der Waals surface area contributed by atoms with Crippen LogP contribution in [-0.2, 0) is 14.3 Å². The summed E-state index contributed by atoms with van der Waals surface area (Å²) in [7, 11) is 0. The first-order chi connectivity index (χ1) is 9.04. The summed E-state index contributed by atoms with van der Waals surface area (Å²) in [6.07, 6.45) is 0. The Morgan fingerprint density at radius 3 is 2.47 bits per heavy atom. The molecular weight excluding hydrogens is 254 g/mol. The molecule has 0 unspecified atom stereocenters. The van der Waals surface area contributed by atoms with Crippen LogP contribution in [0.25, 0.3) is 0 Å². The molecule has 1 aliphatic rings. The Balaban J connectivity index is 2.35. The van der Waals surface area contributed by atoms with E-state index in [4.69, 9.17) is 9.84 Å². The fourth-order valence-electron chi connectivity index (χ4n) is 1.68. The SMILES string of the molecule is CCN(CC(=O)O)C(=O)NCC(=O)N1CCOCC1. The number of ether oxygens (including phenoxy) is 1. The second-order valence-corrected chi connectivity index (χ2v) is 4.06. The van der Waals surface area contributed by atoms with Crippen LogP contribution in [0.2, 0.25) is 0 Å². The zero-order chi connectivity index (χ0) is 14.3. The fraction of sp³-hybridized carbons (Fsp3) is 0.727. The molecule has 2 N–H and O–H groups in total. The molecule has 108 valence electrons. The highest BCUT2D eigenvalue weighted by Crippen LogP contribution is 1.97. The molecule has 0 aliphatic carbocycles. The van der Waals surface area contributed by atoms with E-state index >= 15 is 0 Å². The molecule has 0 aromatic rings. The first-order valence-corrected chi connectivity index (χ1v) is 6.14. The van der Waals surface area contributed by atoms with Crippen LogP contribution in [0, 0.1) is 0 Å². The highest BCUT2D eigenvalue weighted by Gasteiger charge is 2.19. The van der Waals surface area contributed by atoms with Crippen LogP contribution in [0.4, 0.5) is 4.79 Å². The summed E-state index contributed by atoms with van der Waals surface area (Å²) in [6, 6.07) is -0.550. The lowest BCUT2D eigenvalue weighted by Crippen LogP contribution is -2.49. The van der Waals surface area contributed by atoms with E-state index < -0.39 is 12.0 Å². The van der Waals surface area contributed by atoms with Gasteiger partial charge in [-0.05, 0) is 6.92 Å². The Kier molecular flexibility index (Phi) is 6.07. The van der Waals surface area contributed by atoms with Crippen LogP contribution >= 0.6 is 0 Å². The molecule has 3 amide bonds. The average Bonchev–Trinajstić information content (AvgIpc) is 2.42. The van der Waals surface area contributed by atoms with Gasteiger partial charge in [0.15, 0.2) is 0 Å². The molecule has 8 nitrogen and oxygen atoms in total. The Labute approximate surface area is 111 Å². The number of rotatable bonds is 5. The number of carboxylic acid groups (broad SMARTS) is 1. The smallest absolute Gasteiger partial charge is 0.323 e. The van der Waals surface area contributed by atoms with E-state index in [1.165, 1.54) is 0 Å². The highest BCUT2D eigenvalue weighted by molar-refractivity contribution is 5.85. The molecule has 0 aromatic heterocycles. The first-order valence-electron chi connectivity index (χ1n) is 6.14. The van der Waals surface area contributed by atoms with Gasteiger partial charge in [-0.15, -0.1) is 0 Å². The van der Waals surface area contributed by atoms with Gasteiger partial charge in [0.1, 0.15) is 6.54 Å². The van der Waals surface area contributed by atoms with Crippen molar-refractivity contribution in [2.45, 2.75) is 6.92 Å². The molecule has 0 saturated carbocycles. The molecule has 0 atom stereocenters. The van der Waals surface area contributed by atoms with E-state index in [1.807, 2.05) is 0 Å². The van der Waals surface area contributed by atoms with Gasteiger partial charge in [0.05, 0.1) is 19.8 Å². The van der Waals surface area contributed by atoms with Gasteiger partial charge in [0.25, 0.3) is 0 Å². The van der Waals surface area contributed by atoms with E-state index in [0.29, 0.717) is 26.3 Å². The van der Waals surface area contributed by atoms with Gasteiger partial charge < -0.3 is 25.0 Å². The molecule has 1 heterocycles. The number of nitrogens with zero attached hydrogens (tertiary/aromatic N) is 2. The maximum Gasteiger partial charge on any atom is 0.323 e. The second-order valence-electron chi connectivity index (χ2n) is 4.06. The molecule has 8 heteroatoms. The van der Waals surface area contributed by atoms with Gasteiger partial charge in [-0.25, -0.2) is 4.79 Å². The summed E-state index contributed by atoms with van der Waals surface area (Å²) in [5.74, 6) is -1.28. The third-order valence-corrected chi connectivity index (χ3v) is 2.75. The molecule has 1 saturated heterocycles. The van der Waals surface area contributed by atoms with E-state index in [-0.39, 0.29) is 25.5 Å². The number of likely N-dealkylation sites (N-methyl/N-ethyl adjacent to an activating group) is 1. The van der Waals surface area contributed by atoms with Crippen molar-refractivity contribution in [3.63, 3.8) is 0 Å². The molecule has 1 fully saturated rings. The molecule has 0 spiro atoms. The predicted molar refractivity (Wildman–Crippen MR) is 65.7 cm³/mol. The molecule has 1 rings (SSSR count). The summed E-state index contributed by atoms with van der Waals surface area (Å²) >= 11 is 0. The normalized spacial score (nSPS) is 14.9. The third kappa shape index (κ3) is 5.12. The summed E-state index contributed by atoms with van der Waals surface area (Å²) in [4.78, 5) is 36.7. The van der Waals surface area contributed by atoms with Crippen molar-refractivity contribution in [2.75, 3.05) is 45.9 Å². The Morgan fingerprint density at radius 1 is 1.32 bits per heavy atom. The molecule has 1 aliphatic heterocycles. The molecule has 0 bridgehead atoms. The second kappa shape index (κ2) is 7.57. The van der Waals surface area contributed by atoms with Crippen LogP contribution in [0.15, 0.2) is 0 Å². The largest absolute Gasteiger partial charge is 0.480 e. The number of carbonyl (C=O) groups excluding carboxylic acids is 2. The lowest BCUT2D eigenvalue weighted by atomic mass is 10.4. The van der Waals surface area contributed by atoms with Crippen LogP contribution in [0.1, 0.15) is 6.92 Å². The standard InChI is InChI=1S/C11H19N3O5/c1-2-13(8-10(16)17)11(18)12-7-9(15)14-3-5-19-6-4-14/h2-8H2,1H3,(H,12,18)(H,16,17). The van der Waals surface area contributed by atoms with Gasteiger partial charge in [-0.3, -0.25) is 9.59 Å². The molecule has 0 aromatic carbocycles. The number of morpholine rings is 1. The number of carbonyl (C=O) groups is 3. The maximum absolute atomic E-state index is 11.8. The van der Waals surface area contributed by atoms with Crippen molar-refractivity contribution in [1.29, 1.82) is 0 Å². The van der Waals surface area contributed by atoms with Gasteiger partial charge in [0, 0.05) is 19.6 Å². The number of hydrogen-bond donors (Lipinski definition) is 2. The van der Waals surface area contributed by atoms with Crippen molar-refractivity contribution in [3.05, 3.63) is 0 Å². The number of nitrogens with one attached hydrogen (secondary N) is 1. The minimum atomic E-state index is -1.09. The van der Waals surface area contributed by atoms with Gasteiger partial charge in [0.2, 0.25) is 5.91 Å². The number of urea groups is 1. The number of aliphatic carboxylic acids is 1. The Hall–Kier alpha value is -1.83. The van der Waals surface area contributed by atoms with Gasteiger partial charge in [-0.2, -0.15) is 0 Å². The minimum Gasteiger partial charge on any atom is -0.480 e. The Bertz CT molecular complexity index is 341. The average molecular weight is 273 g/mol. The lowest BCUT2D eigenvalue weighted by molar-refractivity contribution is -0.137. The summed E-state index contributed by atoms with van der Waals surface area (Å²) in [5, 5.41) is 11.1. The lowest BCUT2D eigenvalue weighted by Gasteiger charge is -2.27. The number of amides is 3. The molecule has 0 radical (unpaired) electrons. The fourth-order valence-corrected chi connectivity index (χ4v) is 1.68. The van der Waals surface area contributed by atoms with E-state index in [0.717, 1.165) is 4.90 Å². The van der Waals surface area contributed by atoms with Crippen molar-refractivity contribution in [2.24, 2.45) is 0 Å².